The molecule has 2 aliphatic heterocycles. The molecule has 202 valence electrons. The molecule has 0 amide bonds. The second kappa shape index (κ2) is 11.0. The Kier molecular flexibility index (Phi) is 7.50. The van der Waals surface area contributed by atoms with E-state index in [-0.39, 0.29) is 5.56 Å². The number of nitrogens with zero attached hydrogens (tertiary/aromatic N) is 4. The van der Waals surface area contributed by atoms with Crippen molar-refractivity contribution in [2.24, 2.45) is 0 Å². The molecule has 5 heterocycles. The molecular weight excluding hydrogens is 543 g/mol. The van der Waals surface area contributed by atoms with Gasteiger partial charge >= 0.3 is 0 Å². The van der Waals surface area contributed by atoms with Crippen molar-refractivity contribution in [3.05, 3.63) is 40.5 Å². The molecule has 1 aromatic carbocycles. The lowest BCUT2D eigenvalue weighted by molar-refractivity contribution is 0.187. The summed E-state index contributed by atoms with van der Waals surface area (Å²) < 4.78 is 27.6. The number of benzene rings is 1. The smallest absolute Gasteiger partial charge is 0.196 e. The maximum absolute atomic E-state index is 6.28. The minimum absolute atomic E-state index is 0.144. The summed E-state index contributed by atoms with van der Waals surface area (Å²) in [5.41, 5.74) is 5.43. The lowest BCUT2D eigenvalue weighted by Crippen LogP contribution is -2.28. The molecule has 6 rings (SSSR count). The normalized spacial score (nSPS) is 18.3. The highest BCUT2D eigenvalue weighted by molar-refractivity contribution is 7.99. The summed E-state index contributed by atoms with van der Waals surface area (Å²) in [4.78, 5) is 9.62. The standard InChI is InChI=1S/C26H31N5O4S3/c1-15(2)38-30-7-5-16(6-8-30)24-27-17(14-36-24)13-34-21-9-18(32-3)10-22-19(21)11-23(35-22)20-12-31-25(28-20)37-26(29-31)33-4/h9-12,14-16,26,29H,5-8,13H2,1-4H3. The number of imidazole rings is 1. The molecule has 0 spiro atoms. The van der Waals surface area contributed by atoms with E-state index < -0.39 is 0 Å². The zero-order valence-electron chi connectivity index (χ0n) is 21.8. The van der Waals surface area contributed by atoms with Crippen LogP contribution < -0.4 is 14.9 Å². The van der Waals surface area contributed by atoms with E-state index in [1.807, 2.05) is 41.0 Å². The van der Waals surface area contributed by atoms with E-state index in [2.05, 4.69) is 29.0 Å². The van der Waals surface area contributed by atoms with Gasteiger partial charge < -0.3 is 18.6 Å². The lowest BCUT2D eigenvalue weighted by atomic mass is 9.99. The molecule has 3 aromatic heterocycles. The number of methoxy groups -OCH3 is 2. The van der Waals surface area contributed by atoms with Crippen molar-refractivity contribution in [1.82, 2.24) is 18.9 Å². The van der Waals surface area contributed by atoms with Gasteiger partial charge in [-0.25, -0.2) is 14.6 Å². The number of furan rings is 1. The molecule has 38 heavy (non-hydrogen) atoms. The minimum Gasteiger partial charge on any atom is -0.496 e. The fraction of sp³-hybridized carbons (Fsp3) is 0.462. The third-order valence-corrected chi connectivity index (χ3v) is 9.67. The van der Waals surface area contributed by atoms with Crippen molar-refractivity contribution in [2.45, 2.75) is 55.2 Å². The van der Waals surface area contributed by atoms with E-state index in [1.165, 1.54) is 16.8 Å². The molecule has 0 radical (unpaired) electrons. The van der Waals surface area contributed by atoms with Crippen LogP contribution in [0.15, 0.2) is 39.3 Å². The third-order valence-electron chi connectivity index (χ3n) is 6.51. The van der Waals surface area contributed by atoms with Crippen LogP contribution in [0.4, 0.5) is 0 Å². The monoisotopic (exact) mass is 573 g/mol. The van der Waals surface area contributed by atoms with Gasteiger partial charge in [-0.1, -0.05) is 25.8 Å². The topological polar surface area (TPSA) is 86.8 Å². The zero-order chi connectivity index (χ0) is 26.2. The summed E-state index contributed by atoms with van der Waals surface area (Å²) in [5.74, 6) is 2.56. The Hall–Kier alpha value is -2.38. The number of thioether (sulfide) groups is 1. The highest BCUT2D eigenvalue weighted by Gasteiger charge is 2.26. The molecule has 0 saturated carbocycles. The maximum Gasteiger partial charge on any atom is 0.196 e. The molecule has 1 saturated heterocycles. The Balaban J connectivity index is 1.16. The van der Waals surface area contributed by atoms with Gasteiger partial charge in [0.1, 0.15) is 29.4 Å². The number of nitrogens with one attached hydrogen (secondary N) is 1. The van der Waals surface area contributed by atoms with Gasteiger partial charge in [0.2, 0.25) is 0 Å². The third kappa shape index (κ3) is 5.37. The van der Waals surface area contributed by atoms with Gasteiger partial charge in [-0.05, 0) is 30.7 Å². The second-order valence-electron chi connectivity index (χ2n) is 9.56. The molecule has 1 unspecified atom stereocenters. The Labute approximate surface area is 234 Å². The first-order valence-corrected chi connectivity index (χ1v) is 15.2. The summed E-state index contributed by atoms with van der Waals surface area (Å²) in [6, 6.07) is 5.73. The van der Waals surface area contributed by atoms with E-state index in [0.717, 1.165) is 47.9 Å². The van der Waals surface area contributed by atoms with Crippen LogP contribution >= 0.6 is 35.0 Å². The predicted octanol–water partition coefficient (Wildman–Crippen LogP) is 6.16. The van der Waals surface area contributed by atoms with E-state index in [4.69, 9.17) is 28.6 Å². The van der Waals surface area contributed by atoms with Crippen molar-refractivity contribution >= 4 is 46.0 Å². The zero-order valence-corrected chi connectivity index (χ0v) is 24.3. The van der Waals surface area contributed by atoms with E-state index in [1.54, 1.807) is 25.6 Å². The summed E-state index contributed by atoms with van der Waals surface area (Å²) in [6.07, 6.45) is 4.21. The van der Waals surface area contributed by atoms with E-state index in [0.29, 0.717) is 40.6 Å². The number of aromatic nitrogens is 3. The highest BCUT2D eigenvalue weighted by Crippen LogP contribution is 2.39. The van der Waals surface area contributed by atoms with Gasteiger partial charge in [-0.3, -0.25) is 9.73 Å². The number of rotatable bonds is 9. The molecule has 0 bridgehead atoms. The Morgan fingerprint density at radius 1 is 1.18 bits per heavy atom. The van der Waals surface area contributed by atoms with Crippen LogP contribution in [-0.2, 0) is 11.3 Å². The van der Waals surface area contributed by atoms with Crippen LogP contribution in [0.2, 0.25) is 0 Å². The fourth-order valence-corrected chi connectivity index (χ4v) is 7.49. The van der Waals surface area contributed by atoms with Gasteiger partial charge in [0.15, 0.2) is 16.5 Å². The van der Waals surface area contributed by atoms with E-state index in [9.17, 15) is 0 Å². The van der Waals surface area contributed by atoms with E-state index >= 15 is 0 Å². The van der Waals surface area contributed by atoms with Crippen molar-refractivity contribution in [3.8, 4) is 23.0 Å². The highest BCUT2D eigenvalue weighted by atomic mass is 32.2. The Bertz CT molecular complexity index is 1390. The van der Waals surface area contributed by atoms with Crippen LogP contribution in [-0.4, -0.2) is 57.1 Å². The summed E-state index contributed by atoms with van der Waals surface area (Å²) in [7, 11) is 3.30. The molecular formula is C26H31N5O4S3. The van der Waals surface area contributed by atoms with Crippen LogP contribution in [0, 0.1) is 0 Å². The number of hydrogen-bond acceptors (Lipinski definition) is 11. The molecule has 0 aliphatic carbocycles. The number of thiazole rings is 1. The SMILES string of the molecule is COc1cc(OCc2csc(C3CCN(SC(C)C)CC3)n2)c2cc(-c3cn4c(n3)SC(OC)N4)oc2c1. The van der Waals surface area contributed by atoms with Crippen LogP contribution in [0.1, 0.15) is 43.3 Å². The Morgan fingerprint density at radius 3 is 2.76 bits per heavy atom. The van der Waals surface area contributed by atoms with Gasteiger partial charge in [0.25, 0.3) is 0 Å². The molecule has 4 aromatic rings. The largest absolute Gasteiger partial charge is 0.496 e. The first-order valence-electron chi connectivity index (χ1n) is 12.6. The molecule has 1 atom stereocenters. The number of ether oxygens (including phenoxy) is 3. The maximum atomic E-state index is 6.28. The summed E-state index contributed by atoms with van der Waals surface area (Å²) in [5, 5.41) is 5.66. The van der Waals surface area contributed by atoms with Crippen molar-refractivity contribution < 1.29 is 18.6 Å². The number of fused-ring (bicyclic) bond motifs is 2. The first kappa shape index (κ1) is 25.9. The fourth-order valence-electron chi connectivity index (χ4n) is 4.67. The summed E-state index contributed by atoms with van der Waals surface area (Å²) >= 11 is 5.21. The second-order valence-corrected chi connectivity index (χ2v) is 13.2. The summed E-state index contributed by atoms with van der Waals surface area (Å²) in [6.45, 7) is 7.12. The number of hydrogen-bond donors (Lipinski definition) is 1. The average Bonchev–Trinajstić information content (AvgIpc) is 3.69. The Morgan fingerprint density at radius 2 is 2.03 bits per heavy atom. The lowest BCUT2D eigenvalue weighted by Gasteiger charge is -2.31. The van der Waals surface area contributed by atoms with Gasteiger partial charge in [0.05, 0.1) is 29.4 Å². The number of piperidine rings is 1. The van der Waals surface area contributed by atoms with Crippen molar-refractivity contribution in [3.63, 3.8) is 0 Å². The first-order chi connectivity index (χ1) is 18.5. The van der Waals surface area contributed by atoms with Crippen molar-refractivity contribution in [1.29, 1.82) is 0 Å². The predicted molar refractivity (Wildman–Crippen MR) is 153 cm³/mol. The van der Waals surface area contributed by atoms with Crippen LogP contribution in [0.5, 0.6) is 11.5 Å². The van der Waals surface area contributed by atoms with Crippen LogP contribution in [0.3, 0.4) is 0 Å². The van der Waals surface area contributed by atoms with Gasteiger partial charge in [-0.15, -0.1) is 11.3 Å². The molecule has 1 fully saturated rings. The minimum atomic E-state index is -0.144. The molecule has 2 aliphatic rings. The average molecular weight is 574 g/mol. The molecule has 12 heteroatoms. The molecule has 9 nitrogen and oxygen atoms in total. The van der Waals surface area contributed by atoms with Gasteiger partial charge in [0, 0.05) is 48.9 Å². The van der Waals surface area contributed by atoms with Crippen molar-refractivity contribution in [2.75, 3.05) is 32.7 Å². The van der Waals surface area contributed by atoms with Crippen LogP contribution in [0.25, 0.3) is 22.4 Å². The van der Waals surface area contributed by atoms with Gasteiger partial charge in [-0.2, -0.15) is 0 Å². The quantitative estimate of drug-likeness (QED) is 0.235. The molecule has 1 N–H and O–H groups in total.